The van der Waals surface area contributed by atoms with Gasteiger partial charge in [-0.15, -0.1) is 11.3 Å². The number of halogens is 3. The number of aliphatic hydroxyl groups excluding tert-OH is 1. The van der Waals surface area contributed by atoms with Crippen LogP contribution in [0, 0.1) is 5.92 Å². The molecule has 1 saturated carbocycles. The summed E-state index contributed by atoms with van der Waals surface area (Å²) in [5.74, 6) is 0.654. The third-order valence-corrected chi connectivity index (χ3v) is 7.02. The zero-order valence-electron chi connectivity index (χ0n) is 18.9. The van der Waals surface area contributed by atoms with Gasteiger partial charge in [-0.1, -0.05) is 19.3 Å². The second kappa shape index (κ2) is 9.91. The number of hydrogen-bond donors (Lipinski definition) is 2. The highest BCUT2D eigenvalue weighted by Gasteiger charge is 2.35. The van der Waals surface area contributed by atoms with E-state index in [1.165, 1.54) is 23.8 Å². The van der Waals surface area contributed by atoms with Crippen molar-refractivity contribution in [2.45, 2.75) is 44.9 Å². The van der Waals surface area contributed by atoms with Crippen molar-refractivity contribution in [3.63, 3.8) is 0 Å². The summed E-state index contributed by atoms with van der Waals surface area (Å²) in [6.45, 7) is 0.131. The van der Waals surface area contributed by atoms with Crippen molar-refractivity contribution in [3.05, 3.63) is 59.2 Å². The van der Waals surface area contributed by atoms with Crippen LogP contribution < -0.4 is 10.1 Å². The second-order valence-corrected chi connectivity index (χ2v) is 9.67. The van der Waals surface area contributed by atoms with E-state index in [1.54, 1.807) is 18.2 Å². The van der Waals surface area contributed by atoms with E-state index in [4.69, 9.17) is 9.15 Å². The van der Waals surface area contributed by atoms with E-state index >= 15 is 0 Å². The van der Waals surface area contributed by atoms with E-state index in [1.807, 2.05) is 17.5 Å². The van der Waals surface area contributed by atoms with Crippen LogP contribution in [0.4, 0.5) is 24.0 Å². The van der Waals surface area contributed by atoms with Gasteiger partial charge < -0.3 is 19.6 Å². The smallest absolute Gasteiger partial charge is 0.420 e. The van der Waals surface area contributed by atoms with Crippen LogP contribution in [-0.4, -0.2) is 16.7 Å². The summed E-state index contributed by atoms with van der Waals surface area (Å²) in [5.41, 5.74) is 1.70. The Balaban J connectivity index is 1.32. The Labute approximate surface area is 204 Å². The summed E-state index contributed by atoms with van der Waals surface area (Å²) in [6.07, 6.45) is 0.886. The summed E-state index contributed by atoms with van der Waals surface area (Å²) in [7, 11) is 0. The second-order valence-electron chi connectivity index (χ2n) is 8.81. The number of ether oxygens (including phenoxy) is 1. The number of thiazole rings is 1. The monoisotopic (exact) mass is 502 g/mol. The Morgan fingerprint density at radius 1 is 1.09 bits per heavy atom. The fourth-order valence-corrected chi connectivity index (χ4v) is 5.18. The number of alkyl halides is 3. The van der Waals surface area contributed by atoms with Crippen molar-refractivity contribution >= 4 is 33.1 Å². The lowest BCUT2D eigenvalue weighted by molar-refractivity contribution is -0.139. The largest absolute Gasteiger partial charge is 0.493 e. The zero-order valence-corrected chi connectivity index (χ0v) is 19.7. The molecular weight excluding hydrogens is 477 g/mol. The molecule has 0 unspecified atom stereocenters. The first-order valence-corrected chi connectivity index (χ1v) is 12.5. The van der Waals surface area contributed by atoms with E-state index in [2.05, 4.69) is 10.3 Å². The van der Waals surface area contributed by atoms with Crippen LogP contribution in [-0.2, 0) is 12.8 Å². The summed E-state index contributed by atoms with van der Waals surface area (Å²) < 4.78 is 52.4. The topological polar surface area (TPSA) is 67.5 Å². The number of aliphatic hydroxyl groups is 1. The lowest BCUT2D eigenvalue weighted by atomic mass is 9.90. The summed E-state index contributed by atoms with van der Waals surface area (Å²) in [6, 6.07) is 11.4. The van der Waals surface area contributed by atoms with Gasteiger partial charge in [-0.05, 0) is 61.2 Å². The van der Waals surface area contributed by atoms with Gasteiger partial charge in [0, 0.05) is 22.0 Å². The number of benzene rings is 2. The van der Waals surface area contributed by atoms with Gasteiger partial charge in [-0.25, -0.2) is 4.98 Å². The van der Waals surface area contributed by atoms with Crippen LogP contribution in [0.1, 0.15) is 43.4 Å². The molecule has 5 rings (SSSR count). The number of fused-ring (bicyclic) bond motifs is 1. The van der Waals surface area contributed by atoms with Gasteiger partial charge in [-0.3, -0.25) is 0 Å². The third-order valence-electron chi connectivity index (χ3n) is 6.26. The van der Waals surface area contributed by atoms with Crippen molar-refractivity contribution < 1.29 is 27.4 Å². The SMILES string of the molecule is OCc1cc2cc(-c3csc(Nc4ccc(OCC5CCCCC5)c(C(F)(F)F)c4)n3)ccc2o1. The molecule has 4 aromatic rings. The minimum absolute atomic E-state index is 0.135. The molecule has 2 N–H and O–H groups in total. The molecule has 1 aliphatic rings. The highest BCUT2D eigenvalue weighted by Crippen LogP contribution is 2.39. The fourth-order valence-electron chi connectivity index (χ4n) is 4.44. The number of nitrogens with one attached hydrogen (secondary N) is 1. The van der Waals surface area contributed by atoms with Crippen LogP contribution >= 0.6 is 11.3 Å². The van der Waals surface area contributed by atoms with Crippen molar-refractivity contribution in [2.24, 2.45) is 5.92 Å². The van der Waals surface area contributed by atoms with Gasteiger partial charge in [0.2, 0.25) is 0 Å². The molecule has 0 amide bonds. The highest BCUT2D eigenvalue weighted by molar-refractivity contribution is 7.14. The summed E-state index contributed by atoms with van der Waals surface area (Å²) >= 11 is 1.30. The molecule has 2 aromatic carbocycles. The Morgan fingerprint density at radius 3 is 2.69 bits per heavy atom. The minimum Gasteiger partial charge on any atom is -0.493 e. The standard InChI is InChI=1S/C26H25F3N2O3S/c27-26(28,29)21-12-19(7-9-24(21)33-14-16-4-2-1-3-5-16)30-25-31-22(15-35-25)17-6-8-23-18(10-17)11-20(13-32)34-23/h6-12,15-16,32H,1-5,13-14H2,(H,30,31). The number of hydrogen-bond acceptors (Lipinski definition) is 6. The molecule has 0 atom stereocenters. The van der Waals surface area contributed by atoms with E-state index in [0.717, 1.165) is 42.7 Å². The van der Waals surface area contributed by atoms with Gasteiger partial charge in [0.25, 0.3) is 0 Å². The number of rotatable bonds is 7. The van der Waals surface area contributed by atoms with Crippen LogP contribution in [0.5, 0.6) is 5.75 Å². The quantitative estimate of drug-likeness (QED) is 0.270. The van der Waals surface area contributed by atoms with Gasteiger partial charge in [0.15, 0.2) is 5.13 Å². The highest BCUT2D eigenvalue weighted by atomic mass is 32.1. The maximum Gasteiger partial charge on any atom is 0.420 e. The third kappa shape index (κ3) is 5.46. The van der Waals surface area contributed by atoms with E-state index in [9.17, 15) is 18.3 Å². The van der Waals surface area contributed by atoms with E-state index in [0.29, 0.717) is 40.4 Å². The van der Waals surface area contributed by atoms with Crippen LogP contribution in [0.25, 0.3) is 22.2 Å². The molecule has 35 heavy (non-hydrogen) atoms. The van der Waals surface area contributed by atoms with Gasteiger partial charge in [0.05, 0.1) is 17.9 Å². The summed E-state index contributed by atoms with van der Waals surface area (Å²) in [5, 5.41) is 15.4. The zero-order chi connectivity index (χ0) is 24.4. The van der Waals surface area contributed by atoms with Crippen LogP contribution in [0.15, 0.2) is 52.3 Å². The maximum absolute atomic E-state index is 13.8. The van der Waals surface area contributed by atoms with Gasteiger partial charge >= 0.3 is 6.18 Å². The molecule has 0 saturated heterocycles. The minimum atomic E-state index is -4.53. The van der Waals surface area contributed by atoms with E-state index < -0.39 is 11.7 Å². The van der Waals surface area contributed by atoms with Crippen LogP contribution in [0.3, 0.4) is 0 Å². The van der Waals surface area contributed by atoms with Crippen molar-refractivity contribution in [3.8, 4) is 17.0 Å². The molecule has 0 bridgehead atoms. The first-order valence-electron chi connectivity index (χ1n) is 11.6. The van der Waals surface area contributed by atoms with Crippen molar-refractivity contribution in [1.82, 2.24) is 4.98 Å². The maximum atomic E-state index is 13.8. The normalized spacial score (nSPS) is 15.0. The molecule has 1 aliphatic carbocycles. The van der Waals surface area contributed by atoms with Gasteiger partial charge in [-0.2, -0.15) is 13.2 Å². The number of furan rings is 1. The molecule has 0 aliphatic heterocycles. The lowest BCUT2D eigenvalue weighted by Gasteiger charge is -2.23. The molecule has 0 radical (unpaired) electrons. The van der Waals surface area contributed by atoms with Gasteiger partial charge in [0.1, 0.15) is 23.7 Å². The Morgan fingerprint density at radius 2 is 1.91 bits per heavy atom. The Hall–Kier alpha value is -3.04. The Bertz CT molecular complexity index is 1310. The molecule has 9 heteroatoms. The molecule has 0 spiro atoms. The molecular formula is C26H25F3N2O3S. The van der Waals surface area contributed by atoms with Crippen LogP contribution in [0.2, 0.25) is 0 Å². The molecule has 2 aromatic heterocycles. The van der Waals surface area contributed by atoms with Crippen molar-refractivity contribution in [1.29, 1.82) is 0 Å². The Kier molecular flexibility index (Phi) is 6.71. The molecule has 184 valence electrons. The first-order chi connectivity index (χ1) is 16.9. The predicted molar refractivity (Wildman–Crippen MR) is 130 cm³/mol. The lowest BCUT2D eigenvalue weighted by Crippen LogP contribution is -2.17. The number of aromatic nitrogens is 1. The average molecular weight is 503 g/mol. The molecule has 1 fully saturated rings. The number of anilines is 2. The predicted octanol–water partition coefficient (Wildman–Crippen LogP) is 7.77. The molecule has 5 nitrogen and oxygen atoms in total. The first kappa shape index (κ1) is 23.7. The summed E-state index contributed by atoms with van der Waals surface area (Å²) in [4.78, 5) is 4.54. The molecule has 2 heterocycles. The fraction of sp³-hybridized carbons (Fsp3) is 0.346. The number of nitrogens with zero attached hydrogens (tertiary/aromatic N) is 1. The average Bonchev–Trinajstić information content (AvgIpc) is 3.49. The van der Waals surface area contributed by atoms with E-state index in [-0.39, 0.29) is 12.4 Å². The van der Waals surface area contributed by atoms with Crippen molar-refractivity contribution in [2.75, 3.05) is 11.9 Å².